The van der Waals surface area contributed by atoms with E-state index in [-0.39, 0.29) is 5.41 Å². The first kappa shape index (κ1) is 15.2. The highest BCUT2D eigenvalue weighted by Gasteiger charge is 2.22. The second-order valence-electron chi connectivity index (χ2n) is 5.38. The predicted molar refractivity (Wildman–Crippen MR) is 75.7 cm³/mol. The summed E-state index contributed by atoms with van der Waals surface area (Å²) in [6.07, 6.45) is 2.19. The molecular formula is C15H22N2O2. The van der Waals surface area contributed by atoms with Crippen LogP contribution in [-0.2, 0) is 21.4 Å². The van der Waals surface area contributed by atoms with Gasteiger partial charge in [0.1, 0.15) is 0 Å². The molecule has 0 aliphatic carbocycles. The molecule has 0 saturated carbocycles. The Morgan fingerprint density at radius 3 is 2.26 bits per heavy atom. The molecule has 0 aliphatic heterocycles. The highest BCUT2D eigenvalue weighted by atomic mass is 16.2. The third kappa shape index (κ3) is 4.39. The summed E-state index contributed by atoms with van der Waals surface area (Å²) in [6, 6.07) is 8.36. The Balaban J connectivity index is 2.70. The topological polar surface area (TPSA) is 72.2 Å². The molecule has 0 radical (unpaired) electrons. The van der Waals surface area contributed by atoms with E-state index in [4.69, 9.17) is 5.73 Å². The van der Waals surface area contributed by atoms with Gasteiger partial charge in [0.05, 0.1) is 0 Å². The Morgan fingerprint density at radius 1 is 1.21 bits per heavy atom. The molecule has 1 rings (SSSR count). The molecule has 0 fully saturated rings. The van der Waals surface area contributed by atoms with Crippen molar-refractivity contribution in [2.45, 2.75) is 39.0 Å². The summed E-state index contributed by atoms with van der Waals surface area (Å²) in [5, 5.41) is 2.55. The molecule has 3 N–H and O–H groups in total. The fourth-order valence-corrected chi connectivity index (χ4v) is 1.90. The number of amides is 2. The number of primary amides is 1. The van der Waals surface area contributed by atoms with Gasteiger partial charge in [0.15, 0.2) is 0 Å². The van der Waals surface area contributed by atoms with Crippen LogP contribution in [0.2, 0.25) is 0 Å². The molecule has 0 heterocycles. The van der Waals surface area contributed by atoms with Gasteiger partial charge in [-0.25, -0.2) is 0 Å². The molecule has 0 bridgehead atoms. The quantitative estimate of drug-likeness (QED) is 0.790. The van der Waals surface area contributed by atoms with Gasteiger partial charge in [-0.1, -0.05) is 51.5 Å². The number of nitrogens with two attached hydrogens (primary N) is 1. The molecule has 0 spiro atoms. The molecule has 19 heavy (non-hydrogen) atoms. The van der Waals surface area contributed by atoms with Crippen LogP contribution in [0, 0.1) is 0 Å². The van der Waals surface area contributed by atoms with Crippen LogP contribution < -0.4 is 11.1 Å². The minimum Gasteiger partial charge on any atom is -0.361 e. The lowest BCUT2D eigenvalue weighted by Gasteiger charge is -2.25. The zero-order valence-electron chi connectivity index (χ0n) is 11.8. The van der Waals surface area contributed by atoms with Gasteiger partial charge in [-0.2, -0.15) is 0 Å². The van der Waals surface area contributed by atoms with Gasteiger partial charge in [0, 0.05) is 12.0 Å². The van der Waals surface area contributed by atoms with Crippen LogP contribution in [0.3, 0.4) is 0 Å². The van der Waals surface area contributed by atoms with Crippen LogP contribution in [0.25, 0.3) is 0 Å². The highest BCUT2D eigenvalue weighted by Crippen LogP contribution is 2.22. The van der Waals surface area contributed by atoms with Gasteiger partial charge >= 0.3 is 11.8 Å². The molecule has 0 aliphatic rings. The van der Waals surface area contributed by atoms with E-state index in [2.05, 4.69) is 36.5 Å². The van der Waals surface area contributed by atoms with E-state index in [9.17, 15) is 9.59 Å². The van der Waals surface area contributed by atoms with Crippen LogP contribution in [0.4, 0.5) is 0 Å². The number of carbonyl (C=O) groups is 2. The third-order valence-corrected chi connectivity index (χ3v) is 3.19. The first-order valence-corrected chi connectivity index (χ1v) is 6.54. The molecule has 1 aromatic rings. The zero-order valence-corrected chi connectivity index (χ0v) is 11.8. The average Bonchev–Trinajstić information content (AvgIpc) is 2.37. The van der Waals surface area contributed by atoms with Crippen LogP contribution in [0.5, 0.6) is 0 Å². The fourth-order valence-electron chi connectivity index (χ4n) is 1.90. The number of nitrogens with one attached hydrogen (secondary N) is 1. The van der Waals surface area contributed by atoms with Crippen molar-refractivity contribution in [1.29, 1.82) is 0 Å². The maximum Gasteiger partial charge on any atom is 0.309 e. The van der Waals surface area contributed by atoms with Crippen molar-refractivity contribution >= 4 is 11.8 Å². The van der Waals surface area contributed by atoms with Crippen molar-refractivity contribution in [2.75, 3.05) is 6.54 Å². The minimum absolute atomic E-state index is 0.240. The summed E-state index contributed by atoms with van der Waals surface area (Å²) in [5.74, 6) is -1.69. The Morgan fingerprint density at radius 2 is 1.79 bits per heavy atom. The van der Waals surface area contributed by atoms with E-state index in [1.165, 1.54) is 5.56 Å². The Labute approximate surface area is 114 Å². The maximum absolute atomic E-state index is 11.2. The van der Waals surface area contributed by atoms with Crippen LogP contribution >= 0.6 is 0 Å². The lowest BCUT2D eigenvalue weighted by atomic mass is 9.84. The second kappa shape index (κ2) is 6.36. The standard InChI is InChI=1S/C15H22N2O2/c1-4-5-11-6-8-12(9-7-11)15(2,3)10-17-14(19)13(16)18/h6-9H,4-5,10H2,1-3H3,(H2,16,18)(H,17,19). The molecule has 104 valence electrons. The first-order valence-electron chi connectivity index (χ1n) is 6.54. The molecule has 4 nitrogen and oxygen atoms in total. The summed E-state index contributed by atoms with van der Waals surface area (Å²) in [4.78, 5) is 21.9. The van der Waals surface area contributed by atoms with Gasteiger partial charge < -0.3 is 11.1 Å². The van der Waals surface area contributed by atoms with Crippen LogP contribution in [0.1, 0.15) is 38.3 Å². The lowest BCUT2D eigenvalue weighted by molar-refractivity contribution is -0.137. The summed E-state index contributed by atoms with van der Waals surface area (Å²) in [5.41, 5.74) is 7.10. The lowest BCUT2D eigenvalue weighted by Crippen LogP contribution is -2.42. The Bertz CT molecular complexity index is 450. The van der Waals surface area contributed by atoms with E-state index >= 15 is 0 Å². The van der Waals surface area contributed by atoms with Gasteiger partial charge in [-0.15, -0.1) is 0 Å². The molecule has 0 aromatic heterocycles. The SMILES string of the molecule is CCCc1ccc(C(C)(C)CNC(=O)C(N)=O)cc1. The monoisotopic (exact) mass is 262 g/mol. The fraction of sp³-hybridized carbons (Fsp3) is 0.467. The number of aryl methyl sites for hydroxylation is 1. The third-order valence-electron chi connectivity index (χ3n) is 3.19. The van der Waals surface area contributed by atoms with Gasteiger partial charge in [-0.05, 0) is 17.5 Å². The maximum atomic E-state index is 11.2. The smallest absolute Gasteiger partial charge is 0.309 e. The number of hydrogen-bond donors (Lipinski definition) is 2. The molecular weight excluding hydrogens is 240 g/mol. The van der Waals surface area contributed by atoms with E-state index in [0.717, 1.165) is 18.4 Å². The van der Waals surface area contributed by atoms with Gasteiger partial charge in [0.2, 0.25) is 0 Å². The average molecular weight is 262 g/mol. The minimum atomic E-state index is -0.950. The number of rotatable bonds is 5. The largest absolute Gasteiger partial charge is 0.361 e. The molecule has 0 atom stereocenters. The van der Waals surface area contributed by atoms with Gasteiger partial charge in [-0.3, -0.25) is 9.59 Å². The summed E-state index contributed by atoms with van der Waals surface area (Å²) in [7, 11) is 0. The van der Waals surface area contributed by atoms with Crippen molar-refractivity contribution in [3.05, 3.63) is 35.4 Å². The number of hydrogen-bond acceptors (Lipinski definition) is 2. The van der Waals surface area contributed by atoms with Crippen molar-refractivity contribution in [1.82, 2.24) is 5.32 Å². The molecule has 0 unspecified atom stereocenters. The van der Waals surface area contributed by atoms with E-state index < -0.39 is 11.8 Å². The second-order valence-corrected chi connectivity index (χ2v) is 5.38. The first-order chi connectivity index (χ1) is 8.86. The molecule has 1 aromatic carbocycles. The van der Waals surface area contributed by atoms with E-state index in [1.807, 2.05) is 13.8 Å². The molecule has 2 amide bonds. The van der Waals surface area contributed by atoms with Crippen molar-refractivity contribution < 1.29 is 9.59 Å². The zero-order chi connectivity index (χ0) is 14.5. The summed E-state index contributed by atoms with van der Waals surface area (Å²) >= 11 is 0. The highest BCUT2D eigenvalue weighted by molar-refractivity contribution is 6.34. The number of benzene rings is 1. The van der Waals surface area contributed by atoms with Crippen LogP contribution in [-0.4, -0.2) is 18.4 Å². The normalized spacial score (nSPS) is 11.1. The Hall–Kier alpha value is -1.84. The summed E-state index contributed by atoms with van der Waals surface area (Å²) < 4.78 is 0. The van der Waals surface area contributed by atoms with Crippen LogP contribution in [0.15, 0.2) is 24.3 Å². The summed E-state index contributed by atoms with van der Waals surface area (Å²) in [6.45, 7) is 6.56. The van der Waals surface area contributed by atoms with Crippen molar-refractivity contribution in [2.24, 2.45) is 5.73 Å². The van der Waals surface area contributed by atoms with E-state index in [0.29, 0.717) is 6.54 Å². The van der Waals surface area contributed by atoms with E-state index in [1.54, 1.807) is 0 Å². The Kier molecular flexibility index (Phi) is 5.10. The number of carbonyl (C=O) groups excluding carboxylic acids is 2. The van der Waals surface area contributed by atoms with Gasteiger partial charge in [0.25, 0.3) is 0 Å². The van der Waals surface area contributed by atoms with Crippen molar-refractivity contribution in [3.8, 4) is 0 Å². The van der Waals surface area contributed by atoms with Crippen molar-refractivity contribution in [3.63, 3.8) is 0 Å². The molecule has 4 heteroatoms. The predicted octanol–water partition coefficient (Wildman–Crippen LogP) is 1.52. The molecule has 0 saturated heterocycles.